The number of carbonyl (C=O) groups is 3. The van der Waals surface area contributed by atoms with E-state index in [0.717, 1.165) is 18.7 Å². The number of thioether (sulfide) groups is 1. The van der Waals surface area contributed by atoms with Crippen molar-refractivity contribution in [2.75, 3.05) is 6.61 Å². The van der Waals surface area contributed by atoms with Crippen LogP contribution in [0.25, 0.3) is 10.4 Å². The quantitative estimate of drug-likeness (QED) is 0.197. The van der Waals surface area contributed by atoms with E-state index in [0.29, 0.717) is 9.92 Å². The summed E-state index contributed by atoms with van der Waals surface area (Å²) in [4.78, 5) is 42.0. The van der Waals surface area contributed by atoms with E-state index in [1.807, 2.05) is 0 Å². The Labute approximate surface area is 181 Å². The van der Waals surface area contributed by atoms with Crippen molar-refractivity contribution in [1.29, 1.82) is 0 Å². The molecule has 0 saturated carbocycles. The predicted molar refractivity (Wildman–Crippen MR) is 104 cm³/mol. The van der Waals surface area contributed by atoms with Gasteiger partial charge >= 0.3 is 17.9 Å². The molecule has 0 N–H and O–H groups in total. The average molecular weight is 459 g/mol. The van der Waals surface area contributed by atoms with Gasteiger partial charge in [-0.3, -0.25) is 19.4 Å². The first-order chi connectivity index (χ1) is 14.2. The van der Waals surface area contributed by atoms with E-state index in [1.165, 1.54) is 26.2 Å². The topological polar surface area (TPSA) is 150 Å². The van der Waals surface area contributed by atoms with Crippen LogP contribution < -0.4 is 0 Å². The van der Waals surface area contributed by atoms with Crippen molar-refractivity contribution >= 4 is 41.3 Å². The maximum absolute atomic E-state index is 11.7. The molecular weight excluding hydrogens is 440 g/mol. The number of rotatable bonds is 7. The van der Waals surface area contributed by atoms with Crippen LogP contribution in [0.1, 0.15) is 20.8 Å². The number of hydrogen-bond acceptors (Lipinski definition) is 10. The van der Waals surface area contributed by atoms with Gasteiger partial charge in [0.05, 0.1) is 5.02 Å². The van der Waals surface area contributed by atoms with Crippen molar-refractivity contribution < 1.29 is 33.3 Å². The molecule has 5 atom stereocenters. The summed E-state index contributed by atoms with van der Waals surface area (Å²) in [5.41, 5.74) is 8.15. The Morgan fingerprint density at radius 1 is 1.20 bits per heavy atom. The molecule has 1 saturated heterocycles. The number of carbonyl (C=O) groups excluding carboxylic acids is 3. The molecule has 0 aliphatic carbocycles. The highest BCUT2D eigenvalue weighted by molar-refractivity contribution is 7.99. The third-order valence-electron chi connectivity index (χ3n) is 3.79. The molecule has 0 unspecified atom stereocenters. The summed E-state index contributed by atoms with van der Waals surface area (Å²) in [6.07, 6.45) is -0.284. The van der Waals surface area contributed by atoms with Crippen LogP contribution in [0.4, 0.5) is 0 Å². The first-order valence-corrected chi connectivity index (χ1v) is 9.91. The summed E-state index contributed by atoms with van der Waals surface area (Å²) >= 11 is 7.08. The SMILES string of the molecule is CC(=O)OC[C@H]1O[C@H](Sc2cncc(Cl)c2)[C@H](OC(C)=O)[C@@H](N=[N+]=[N-])[C@H]1OC(C)=O. The van der Waals surface area contributed by atoms with Crippen molar-refractivity contribution in [2.45, 2.75) is 55.5 Å². The van der Waals surface area contributed by atoms with Crippen molar-refractivity contribution in [3.8, 4) is 0 Å². The van der Waals surface area contributed by atoms with Crippen LogP contribution in [0.2, 0.25) is 5.02 Å². The van der Waals surface area contributed by atoms with Crippen molar-refractivity contribution in [3.63, 3.8) is 0 Å². The molecule has 0 aromatic carbocycles. The van der Waals surface area contributed by atoms with E-state index in [9.17, 15) is 14.4 Å². The van der Waals surface area contributed by atoms with Crippen LogP contribution >= 0.6 is 23.4 Å². The average Bonchev–Trinajstić information content (AvgIpc) is 2.64. The van der Waals surface area contributed by atoms with E-state index in [1.54, 1.807) is 6.07 Å². The minimum Gasteiger partial charge on any atom is -0.463 e. The monoisotopic (exact) mass is 458 g/mol. The lowest BCUT2D eigenvalue weighted by Gasteiger charge is -2.43. The van der Waals surface area contributed by atoms with Gasteiger partial charge in [0.15, 0.2) is 0 Å². The van der Waals surface area contributed by atoms with E-state index >= 15 is 0 Å². The number of aromatic nitrogens is 1. The van der Waals surface area contributed by atoms with Crippen molar-refractivity contribution in [2.24, 2.45) is 5.11 Å². The fraction of sp³-hybridized carbons (Fsp3) is 0.529. The molecule has 0 radical (unpaired) electrons. The maximum Gasteiger partial charge on any atom is 0.303 e. The predicted octanol–water partition coefficient (Wildman–Crippen LogP) is 2.66. The lowest BCUT2D eigenvalue weighted by Crippen LogP contribution is -2.59. The molecular formula is C17H19ClN4O7S. The third-order valence-corrected chi connectivity index (χ3v) is 5.10. The molecule has 0 bridgehead atoms. The number of pyridine rings is 1. The van der Waals surface area contributed by atoms with Gasteiger partial charge in [-0.25, -0.2) is 0 Å². The standard InChI is InChI=1S/C17H19ClN4O7S/c1-8(23)26-7-13-15(27-9(2)24)14(21-22-19)16(28-10(3)25)17(29-13)30-12-4-11(18)5-20-6-12/h4-6,13-17H,7H2,1-3H3/t13-,14+,15+,16-,17-/m1/s1. The number of nitrogens with zero attached hydrogens (tertiary/aromatic N) is 4. The Morgan fingerprint density at radius 2 is 1.87 bits per heavy atom. The van der Waals surface area contributed by atoms with Crippen LogP contribution in [0.5, 0.6) is 0 Å². The summed E-state index contributed by atoms with van der Waals surface area (Å²) in [6, 6.07) is 0.483. The smallest absolute Gasteiger partial charge is 0.303 e. The number of esters is 3. The van der Waals surface area contributed by atoms with E-state index in [2.05, 4.69) is 15.0 Å². The Bertz CT molecular complexity index is 851. The number of halogens is 1. The van der Waals surface area contributed by atoms with Crippen LogP contribution in [0, 0.1) is 0 Å². The first-order valence-electron chi connectivity index (χ1n) is 8.66. The van der Waals surface area contributed by atoms with Crippen LogP contribution in [-0.4, -0.2) is 59.3 Å². The molecule has 162 valence electrons. The molecule has 1 aliphatic heterocycles. The van der Waals surface area contributed by atoms with E-state index < -0.39 is 47.7 Å². The Kier molecular flexibility index (Phi) is 8.72. The first kappa shape index (κ1) is 23.7. The second kappa shape index (κ2) is 11.0. The molecule has 1 fully saturated rings. The highest BCUT2D eigenvalue weighted by atomic mass is 35.5. The molecule has 2 rings (SSSR count). The van der Waals surface area contributed by atoms with Crippen molar-refractivity contribution in [1.82, 2.24) is 4.98 Å². The van der Waals surface area contributed by atoms with Gasteiger partial charge in [-0.05, 0) is 11.6 Å². The van der Waals surface area contributed by atoms with E-state index in [4.69, 9.17) is 36.1 Å². The summed E-state index contributed by atoms with van der Waals surface area (Å²) in [7, 11) is 0. The van der Waals surface area contributed by atoms with Gasteiger partial charge in [-0.2, -0.15) is 0 Å². The Hall–Kier alpha value is -2.53. The normalized spacial score (nSPS) is 25.5. The Morgan fingerprint density at radius 3 is 2.43 bits per heavy atom. The molecule has 1 aromatic rings. The lowest BCUT2D eigenvalue weighted by atomic mass is 9.97. The maximum atomic E-state index is 11.7. The Balaban J connectivity index is 2.43. The number of hydrogen-bond donors (Lipinski definition) is 0. The molecule has 1 aliphatic rings. The van der Waals surface area contributed by atoms with E-state index in [-0.39, 0.29) is 6.61 Å². The molecule has 11 nitrogen and oxygen atoms in total. The van der Waals surface area contributed by atoms with Gasteiger partial charge in [0.25, 0.3) is 0 Å². The zero-order chi connectivity index (χ0) is 22.3. The van der Waals surface area contributed by atoms with Gasteiger partial charge in [-0.1, -0.05) is 28.5 Å². The van der Waals surface area contributed by atoms with Gasteiger partial charge in [0.1, 0.15) is 36.4 Å². The van der Waals surface area contributed by atoms with Crippen LogP contribution in [0.15, 0.2) is 28.5 Å². The fourth-order valence-corrected chi connectivity index (χ4v) is 4.13. The largest absolute Gasteiger partial charge is 0.463 e. The molecule has 0 amide bonds. The highest BCUT2D eigenvalue weighted by Crippen LogP contribution is 2.37. The molecule has 30 heavy (non-hydrogen) atoms. The zero-order valence-corrected chi connectivity index (χ0v) is 17.8. The summed E-state index contributed by atoms with van der Waals surface area (Å²) < 4.78 is 21.6. The molecule has 1 aromatic heterocycles. The number of azide groups is 1. The lowest BCUT2D eigenvalue weighted by molar-refractivity contribution is -0.201. The number of ether oxygens (including phenoxy) is 4. The third kappa shape index (κ3) is 6.77. The summed E-state index contributed by atoms with van der Waals surface area (Å²) in [5.74, 6) is -1.91. The molecule has 13 heteroatoms. The van der Waals surface area contributed by atoms with Gasteiger partial charge in [0.2, 0.25) is 0 Å². The minimum atomic E-state index is -1.16. The van der Waals surface area contributed by atoms with Crippen molar-refractivity contribution in [3.05, 3.63) is 33.9 Å². The van der Waals surface area contributed by atoms with Gasteiger partial charge < -0.3 is 18.9 Å². The minimum absolute atomic E-state index is 0.275. The van der Waals surface area contributed by atoms with Crippen LogP contribution in [0.3, 0.4) is 0 Å². The second-order valence-corrected chi connectivity index (χ2v) is 7.75. The highest BCUT2D eigenvalue weighted by Gasteiger charge is 2.50. The summed E-state index contributed by atoms with van der Waals surface area (Å²) in [5, 5.41) is 4.07. The van der Waals surface area contributed by atoms with Gasteiger partial charge in [0, 0.05) is 43.0 Å². The second-order valence-electron chi connectivity index (χ2n) is 6.15. The summed E-state index contributed by atoms with van der Waals surface area (Å²) in [6.45, 7) is 3.28. The van der Waals surface area contributed by atoms with Gasteiger partial charge in [-0.15, -0.1) is 0 Å². The fourth-order valence-electron chi connectivity index (χ4n) is 2.76. The molecule has 2 heterocycles. The van der Waals surface area contributed by atoms with Crippen LogP contribution in [-0.2, 0) is 33.3 Å². The molecule has 0 spiro atoms. The zero-order valence-electron chi connectivity index (χ0n) is 16.3.